The molecule has 1 N–H and O–H groups in total. The Labute approximate surface area is 280 Å². The molecule has 3 aliphatic rings. The van der Waals surface area contributed by atoms with Crippen LogP contribution in [0.2, 0.25) is 5.02 Å². The summed E-state index contributed by atoms with van der Waals surface area (Å²) in [5, 5.41) is 19.9. The molecule has 2 atom stereocenters. The number of nitrogens with one attached hydrogen (secondary N) is 1. The van der Waals surface area contributed by atoms with Gasteiger partial charge >= 0.3 is 0 Å². The molecule has 1 aromatic carbocycles. The predicted molar refractivity (Wildman–Crippen MR) is 172 cm³/mol. The van der Waals surface area contributed by atoms with Crippen LogP contribution in [0.25, 0.3) is 11.1 Å². The van der Waals surface area contributed by atoms with Crippen LogP contribution in [0.15, 0.2) is 72.0 Å². The van der Waals surface area contributed by atoms with Crippen molar-refractivity contribution in [1.29, 1.82) is 0 Å². The van der Waals surface area contributed by atoms with Gasteiger partial charge in [-0.1, -0.05) is 17.7 Å². The van der Waals surface area contributed by atoms with Crippen LogP contribution in [0.4, 0.5) is 11.6 Å². The molecule has 16 heteroatoms. The zero-order valence-corrected chi connectivity index (χ0v) is 27.0. The molecule has 15 nitrogen and oxygen atoms in total. The van der Waals surface area contributed by atoms with Gasteiger partial charge in [0.05, 0.1) is 36.0 Å². The van der Waals surface area contributed by atoms with E-state index in [0.717, 1.165) is 55.6 Å². The van der Waals surface area contributed by atoms with Gasteiger partial charge in [-0.2, -0.15) is 0 Å². The predicted octanol–water partition coefficient (Wildman–Crippen LogP) is 5.19. The summed E-state index contributed by atoms with van der Waals surface area (Å²) in [5.41, 5.74) is 2.32. The SMILES string of the molecule is C[C@@H](Cn1cnnn1)Oc1cc(-c2cnc(Nc3cn(C4CCC(N5C=C6C[C@@H]5CO6)CC4)nc3OCc3ncco3)nc2)ccc1Cl. The standard InChI is InChI=1S/C32H34ClN11O4/c1-20(14-42-19-37-40-41-42)48-29-10-21(2-7-27(29)33)22-12-35-32(36-13-22)38-28-16-44(39-31(28)47-18-30-34-8-9-45-30)24-5-3-23(4-6-24)43-15-26-11-25(43)17-46-26/h2,7-10,12-13,15-16,19-20,23-25H,3-6,11,14,17-18H2,1H3,(H,35,36,38)/t20-,23?,24?,25+/m0/s1. The molecular formula is C32H34ClN11O4. The van der Waals surface area contributed by atoms with E-state index in [9.17, 15) is 0 Å². The number of ether oxygens (including phenoxy) is 3. The molecule has 8 rings (SSSR count). The van der Waals surface area contributed by atoms with Crippen molar-refractivity contribution in [2.45, 2.75) is 76.4 Å². The number of tetrazole rings is 1. The third-order valence-corrected chi connectivity index (χ3v) is 9.23. The van der Waals surface area contributed by atoms with E-state index in [1.165, 1.54) is 6.26 Å². The highest BCUT2D eigenvalue weighted by molar-refractivity contribution is 6.32. The number of nitrogens with zero attached hydrogens (tertiary/aromatic N) is 10. The van der Waals surface area contributed by atoms with Crippen LogP contribution in [-0.2, 0) is 17.9 Å². The zero-order valence-electron chi connectivity index (χ0n) is 26.2. The first-order valence-corrected chi connectivity index (χ1v) is 16.4. The summed E-state index contributed by atoms with van der Waals surface area (Å²) in [4.78, 5) is 15.9. The van der Waals surface area contributed by atoms with Crippen LogP contribution >= 0.6 is 11.6 Å². The summed E-state index contributed by atoms with van der Waals surface area (Å²) >= 11 is 6.45. The van der Waals surface area contributed by atoms with E-state index in [-0.39, 0.29) is 18.8 Å². The van der Waals surface area contributed by atoms with Crippen molar-refractivity contribution in [3.05, 3.63) is 78.4 Å². The minimum absolute atomic E-state index is 0.146. The van der Waals surface area contributed by atoms with Gasteiger partial charge in [-0.25, -0.2) is 19.6 Å². The topological polar surface area (TPSA) is 156 Å². The number of hydrogen-bond acceptors (Lipinski definition) is 13. The number of oxazole rings is 1. The highest BCUT2D eigenvalue weighted by Gasteiger charge is 2.38. The molecule has 48 heavy (non-hydrogen) atoms. The maximum atomic E-state index is 6.45. The van der Waals surface area contributed by atoms with Gasteiger partial charge in [0.15, 0.2) is 6.61 Å². The second kappa shape index (κ2) is 13.1. The van der Waals surface area contributed by atoms with Crippen molar-refractivity contribution in [2.75, 3.05) is 11.9 Å². The van der Waals surface area contributed by atoms with Gasteiger partial charge in [-0.3, -0.25) is 4.68 Å². The zero-order chi connectivity index (χ0) is 32.5. The van der Waals surface area contributed by atoms with Crippen LogP contribution in [-0.4, -0.2) is 74.6 Å². The van der Waals surface area contributed by atoms with Gasteiger partial charge in [-0.05, 0) is 60.7 Å². The first-order chi connectivity index (χ1) is 23.5. The maximum absolute atomic E-state index is 6.45. The number of hydrogen-bond donors (Lipinski definition) is 1. The van der Waals surface area contributed by atoms with Crippen LogP contribution < -0.4 is 14.8 Å². The Hall–Kier alpha value is -5.18. The van der Waals surface area contributed by atoms with Crippen molar-refractivity contribution in [3.8, 4) is 22.8 Å². The van der Waals surface area contributed by atoms with Crippen LogP contribution in [0.5, 0.6) is 11.6 Å². The number of halogens is 1. The van der Waals surface area contributed by atoms with E-state index < -0.39 is 0 Å². The fraction of sp³-hybridized carbons (Fsp3) is 0.406. The average molecular weight is 672 g/mol. The van der Waals surface area contributed by atoms with E-state index in [4.69, 9.17) is 35.3 Å². The molecule has 4 aromatic heterocycles. The summed E-state index contributed by atoms with van der Waals surface area (Å²) in [7, 11) is 0. The fourth-order valence-electron chi connectivity index (χ4n) is 6.56. The number of rotatable bonds is 12. The monoisotopic (exact) mass is 671 g/mol. The number of anilines is 2. The lowest BCUT2D eigenvalue weighted by molar-refractivity contribution is 0.106. The minimum Gasteiger partial charge on any atom is -0.494 e. The van der Waals surface area contributed by atoms with E-state index >= 15 is 0 Å². The second-order valence-corrected chi connectivity index (χ2v) is 12.6. The fourth-order valence-corrected chi connectivity index (χ4v) is 6.72. The minimum atomic E-state index is -0.215. The summed E-state index contributed by atoms with van der Waals surface area (Å²) in [6, 6.07) is 6.86. The van der Waals surface area contributed by atoms with E-state index in [0.29, 0.717) is 52.8 Å². The lowest BCUT2D eigenvalue weighted by Gasteiger charge is -2.38. The Morgan fingerprint density at radius 3 is 2.65 bits per heavy atom. The quantitative estimate of drug-likeness (QED) is 0.185. The van der Waals surface area contributed by atoms with E-state index in [2.05, 4.69) is 46.9 Å². The molecule has 0 unspecified atom stereocenters. The maximum Gasteiger partial charge on any atom is 0.257 e. The molecule has 0 spiro atoms. The smallest absolute Gasteiger partial charge is 0.257 e. The molecule has 1 aliphatic carbocycles. The van der Waals surface area contributed by atoms with Gasteiger partial charge in [0.2, 0.25) is 11.8 Å². The van der Waals surface area contributed by atoms with E-state index in [1.807, 2.05) is 29.9 Å². The molecule has 0 amide bonds. The van der Waals surface area contributed by atoms with Crippen molar-refractivity contribution < 1.29 is 18.6 Å². The molecule has 248 valence electrons. The highest BCUT2D eigenvalue weighted by Crippen LogP contribution is 2.39. The summed E-state index contributed by atoms with van der Waals surface area (Å²) in [6.45, 7) is 3.36. The van der Waals surface area contributed by atoms with Crippen molar-refractivity contribution in [3.63, 3.8) is 0 Å². The Kier molecular flexibility index (Phi) is 8.26. The van der Waals surface area contributed by atoms with Crippen LogP contribution in [0.3, 0.4) is 0 Å². The summed E-state index contributed by atoms with van der Waals surface area (Å²) in [6.07, 6.45) is 17.4. The van der Waals surface area contributed by atoms with Crippen molar-refractivity contribution >= 4 is 23.2 Å². The Morgan fingerprint density at radius 1 is 1.06 bits per heavy atom. The van der Waals surface area contributed by atoms with Crippen LogP contribution in [0.1, 0.15) is 51.0 Å². The number of aromatic nitrogens is 9. The van der Waals surface area contributed by atoms with Gasteiger partial charge in [-0.15, -0.1) is 10.2 Å². The molecule has 2 fully saturated rings. The van der Waals surface area contributed by atoms with Gasteiger partial charge < -0.3 is 28.8 Å². The van der Waals surface area contributed by atoms with Crippen molar-refractivity contribution in [1.82, 2.24) is 49.8 Å². The van der Waals surface area contributed by atoms with Gasteiger partial charge in [0.1, 0.15) is 42.5 Å². The average Bonchev–Trinajstić information content (AvgIpc) is 3.96. The second-order valence-electron chi connectivity index (χ2n) is 12.2. The number of benzene rings is 1. The molecule has 1 saturated heterocycles. The Balaban J connectivity index is 0.954. The lowest BCUT2D eigenvalue weighted by atomic mass is 9.90. The first-order valence-electron chi connectivity index (χ1n) is 16.0. The largest absolute Gasteiger partial charge is 0.494 e. The third-order valence-electron chi connectivity index (χ3n) is 8.92. The third kappa shape index (κ3) is 6.50. The number of fused-ring (bicyclic) bond motifs is 2. The molecule has 2 bridgehead atoms. The Morgan fingerprint density at radius 2 is 1.92 bits per heavy atom. The highest BCUT2D eigenvalue weighted by atomic mass is 35.5. The molecule has 2 aliphatic heterocycles. The van der Waals surface area contributed by atoms with Gasteiger partial charge in [0.25, 0.3) is 5.88 Å². The summed E-state index contributed by atoms with van der Waals surface area (Å²) in [5.74, 6) is 2.97. The molecule has 5 aromatic rings. The van der Waals surface area contributed by atoms with Crippen LogP contribution in [0, 0.1) is 0 Å². The molecule has 0 radical (unpaired) electrons. The van der Waals surface area contributed by atoms with E-state index in [1.54, 1.807) is 35.7 Å². The molecule has 6 heterocycles. The molecule has 1 saturated carbocycles. The summed E-state index contributed by atoms with van der Waals surface area (Å²) < 4.78 is 26.8. The first kappa shape index (κ1) is 30.2. The van der Waals surface area contributed by atoms with Gasteiger partial charge in [0, 0.05) is 36.6 Å². The normalized spacial score (nSPS) is 20.8. The van der Waals surface area contributed by atoms with Crippen molar-refractivity contribution in [2.24, 2.45) is 0 Å². The Bertz CT molecular complexity index is 1860. The molecular weight excluding hydrogens is 638 g/mol. The lowest BCUT2D eigenvalue weighted by Crippen LogP contribution is -2.41.